The highest BCUT2D eigenvalue weighted by molar-refractivity contribution is 5.92. The Balaban J connectivity index is 1.83. The minimum Gasteiger partial charge on any atom is -0.354 e. The lowest BCUT2D eigenvalue weighted by molar-refractivity contribution is -0.121. The van der Waals surface area contributed by atoms with E-state index >= 15 is 0 Å². The van der Waals surface area contributed by atoms with E-state index in [1.54, 1.807) is 24.3 Å². The van der Waals surface area contributed by atoms with Crippen LogP contribution in [0.1, 0.15) is 45.6 Å². The first-order valence-corrected chi connectivity index (χ1v) is 11.7. The number of aryl methyl sites for hydroxylation is 1. The van der Waals surface area contributed by atoms with Gasteiger partial charge in [0.2, 0.25) is 11.8 Å². The lowest BCUT2D eigenvalue weighted by Crippen LogP contribution is -2.41. The number of hydrogen-bond acceptors (Lipinski definition) is 4. The van der Waals surface area contributed by atoms with Gasteiger partial charge < -0.3 is 10.6 Å². The second-order valence-electron chi connectivity index (χ2n) is 8.58. The largest absolute Gasteiger partial charge is 0.354 e. The predicted molar refractivity (Wildman–Crippen MR) is 134 cm³/mol. The molecule has 2 aromatic carbocycles. The number of para-hydroxylation sites is 2. The van der Waals surface area contributed by atoms with Crippen LogP contribution in [0.15, 0.2) is 58.1 Å². The van der Waals surface area contributed by atoms with Crippen LogP contribution >= 0.6 is 0 Å². The number of rotatable bonds is 10. The van der Waals surface area contributed by atoms with Crippen molar-refractivity contribution < 1.29 is 9.59 Å². The van der Waals surface area contributed by atoms with Gasteiger partial charge in [0, 0.05) is 24.7 Å². The van der Waals surface area contributed by atoms with E-state index in [-0.39, 0.29) is 36.5 Å². The highest BCUT2D eigenvalue weighted by Gasteiger charge is 2.16. The van der Waals surface area contributed by atoms with E-state index < -0.39 is 5.69 Å². The number of hydrogen-bond donors (Lipinski definition) is 2. The number of carbonyl (C=O) groups excluding carboxylic acids is 2. The number of benzene rings is 2. The summed E-state index contributed by atoms with van der Waals surface area (Å²) in [5.41, 5.74) is 1.21. The minimum atomic E-state index is -0.533. The average molecular weight is 465 g/mol. The molecule has 0 atom stereocenters. The maximum absolute atomic E-state index is 13.3. The van der Waals surface area contributed by atoms with E-state index in [0.717, 1.165) is 16.6 Å². The van der Waals surface area contributed by atoms with Crippen LogP contribution in [0, 0.1) is 0 Å². The molecule has 8 heteroatoms. The standard InChI is InChI=1S/C26H32N4O4/c1-4-19-11-5-7-13-21(19)28-24(32)17-30-22-14-8-6-12-20(22)25(33)29(26(30)34)16-10-9-15-23(31)27-18(2)3/h5-8,11-14,18H,4,9-10,15-17H2,1-3H3,(H,27,31)(H,28,32). The lowest BCUT2D eigenvalue weighted by atomic mass is 10.1. The minimum absolute atomic E-state index is 0.0534. The third kappa shape index (κ3) is 6.01. The molecule has 0 unspecified atom stereocenters. The van der Waals surface area contributed by atoms with Crippen LogP contribution in [0.5, 0.6) is 0 Å². The molecule has 0 radical (unpaired) electrons. The quantitative estimate of drug-likeness (QED) is 0.450. The second-order valence-corrected chi connectivity index (χ2v) is 8.58. The molecule has 0 spiro atoms. The smallest absolute Gasteiger partial charge is 0.331 e. The molecule has 8 nitrogen and oxygen atoms in total. The zero-order valence-electron chi connectivity index (χ0n) is 20.0. The van der Waals surface area contributed by atoms with Crippen molar-refractivity contribution in [2.24, 2.45) is 0 Å². The fourth-order valence-corrected chi connectivity index (χ4v) is 3.95. The molecule has 0 aliphatic carbocycles. The highest BCUT2D eigenvalue weighted by Crippen LogP contribution is 2.16. The third-order valence-corrected chi connectivity index (χ3v) is 5.59. The summed E-state index contributed by atoms with van der Waals surface area (Å²) in [5, 5.41) is 6.09. The van der Waals surface area contributed by atoms with Crippen molar-refractivity contribution in [3.05, 3.63) is 74.9 Å². The van der Waals surface area contributed by atoms with Crippen LogP contribution in [0.2, 0.25) is 0 Å². The fourth-order valence-electron chi connectivity index (χ4n) is 3.95. The highest BCUT2D eigenvalue weighted by atomic mass is 16.2. The summed E-state index contributed by atoms with van der Waals surface area (Å²) >= 11 is 0. The van der Waals surface area contributed by atoms with Gasteiger partial charge in [0.15, 0.2) is 0 Å². The van der Waals surface area contributed by atoms with Crippen LogP contribution in [-0.4, -0.2) is 27.0 Å². The third-order valence-electron chi connectivity index (χ3n) is 5.59. The fraction of sp³-hybridized carbons (Fsp3) is 0.385. The summed E-state index contributed by atoms with van der Waals surface area (Å²) in [4.78, 5) is 51.0. The predicted octanol–water partition coefficient (Wildman–Crippen LogP) is 3.06. The van der Waals surface area contributed by atoms with Crippen molar-refractivity contribution in [2.75, 3.05) is 5.32 Å². The molecular formula is C26H32N4O4. The summed E-state index contributed by atoms with van der Waals surface area (Å²) in [5.74, 6) is -0.397. The first-order valence-electron chi connectivity index (χ1n) is 11.7. The molecule has 0 saturated carbocycles. The Morgan fingerprint density at radius 3 is 2.35 bits per heavy atom. The normalized spacial score (nSPS) is 11.1. The Kier molecular flexibility index (Phi) is 8.40. The van der Waals surface area contributed by atoms with Gasteiger partial charge in [0.1, 0.15) is 6.54 Å². The summed E-state index contributed by atoms with van der Waals surface area (Å²) in [6.45, 7) is 5.76. The van der Waals surface area contributed by atoms with Gasteiger partial charge in [0.25, 0.3) is 5.56 Å². The number of carbonyl (C=O) groups is 2. The van der Waals surface area contributed by atoms with Crippen LogP contribution in [0.3, 0.4) is 0 Å². The van der Waals surface area contributed by atoms with Crippen LogP contribution in [-0.2, 0) is 29.1 Å². The first-order chi connectivity index (χ1) is 16.3. The number of nitrogens with one attached hydrogen (secondary N) is 2. The molecule has 0 fully saturated rings. The zero-order valence-corrected chi connectivity index (χ0v) is 20.0. The van der Waals surface area contributed by atoms with Gasteiger partial charge in [-0.15, -0.1) is 0 Å². The van der Waals surface area contributed by atoms with Crippen molar-refractivity contribution in [2.45, 2.75) is 65.6 Å². The number of amides is 2. The first kappa shape index (κ1) is 25.0. The van der Waals surface area contributed by atoms with Gasteiger partial charge in [-0.25, -0.2) is 4.79 Å². The molecule has 0 aliphatic rings. The van der Waals surface area contributed by atoms with E-state index in [0.29, 0.717) is 35.9 Å². The number of unbranched alkanes of at least 4 members (excludes halogenated alkanes) is 1. The molecular weight excluding hydrogens is 432 g/mol. The topological polar surface area (TPSA) is 102 Å². The van der Waals surface area contributed by atoms with Crippen LogP contribution in [0.4, 0.5) is 5.69 Å². The molecule has 2 amide bonds. The molecule has 2 N–H and O–H groups in total. The zero-order chi connectivity index (χ0) is 24.7. The molecule has 34 heavy (non-hydrogen) atoms. The molecule has 3 aromatic rings. The van der Waals surface area contributed by atoms with Crippen LogP contribution < -0.4 is 21.9 Å². The van der Waals surface area contributed by atoms with Gasteiger partial charge in [-0.2, -0.15) is 0 Å². The maximum Gasteiger partial charge on any atom is 0.331 e. The number of nitrogens with zero attached hydrogens (tertiary/aromatic N) is 2. The summed E-state index contributed by atoms with van der Waals surface area (Å²) in [6.07, 6.45) is 2.13. The molecule has 0 bridgehead atoms. The Morgan fingerprint density at radius 2 is 1.62 bits per heavy atom. The molecule has 0 saturated heterocycles. The van der Waals surface area contributed by atoms with E-state index in [9.17, 15) is 19.2 Å². The number of anilines is 1. The molecule has 1 heterocycles. The van der Waals surface area contributed by atoms with Gasteiger partial charge in [-0.3, -0.25) is 23.5 Å². The summed E-state index contributed by atoms with van der Waals surface area (Å²) in [7, 11) is 0. The Hall–Kier alpha value is -3.68. The molecule has 0 aliphatic heterocycles. The SMILES string of the molecule is CCc1ccccc1NC(=O)Cn1c(=O)n(CCCCC(=O)NC(C)C)c(=O)c2ccccc21. The summed E-state index contributed by atoms with van der Waals surface area (Å²) < 4.78 is 2.50. The van der Waals surface area contributed by atoms with E-state index in [1.807, 2.05) is 45.0 Å². The number of fused-ring (bicyclic) bond motifs is 1. The Bertz CT molecular complexity index is 1290. The van der Waals surface area contributed by atoms with Crippen LogP contribution in [0.25, 0.3) is 10.9 Å². The van der Waals surface area contributed by atoms with Gasteiger partial charge in [-0.1, -0.05) is 37.3 Å². The van der Waals surface area contributed by atoms with E-state index in [1.165, 1.54) is 4.57 Å². The lowest BCUT2D eigenvalue weighted by Gasteiger charge is -2.15. The van der Waals surface area contributed by atoms with Crippen molar-refractivity contribution in [1.82, 2.24) is 14.5 Å². The van der Waals surface area contributed by atoms with E-state index in [2.05, 4.69) is 10.6 Å². The average Bonchev–Trinajstić information content (AvgIpc) is 2.81. The monoisotopic (exact) mass is 464 g/mol. The summed E-state index contributed by atoms with van der Waals surface area (Å²) in [6, 6.07) is 14.4. The van der Waals surface area contributed by atoms with Gasteiger partial charge in [0.05, 0.1) is 10.9 Å². The van der Waals surface area contributed by atoms with Gasteiger partial charge >= 0.3 is 5.69 Å². The van der Waals surface area contributed by atoms with E-state index in [4.69, 9.17) is 0 Å². The Morgan fingerprint density at radius 1 is 0.912 bits per heavy atom. The maximum atomic E-state index is 13.3. The Labute approximate surface area is 198 Å². The van der Waals surface area contributed by atoms with Crippen molar-refractivity contribution in [3.63, 3.8) is 0 Å². The molecule has 180 valence electrons. The van der Waals surface area contributed by atoms with Crippen molar-refractivity contribution in [3.8, 4) is 0 Å². The molecule has 1 aromatic heterocycles. The second kappa shape index (κ2) is 11.4. The van der Waals surface area contributed by atoms with Gasteiger partial charge in [-0.05, 0) is 56.9 Å². The van der Waals surface area contributed by atoms with Crippen molar-refractivity contribution in [1.29, 1.82) is 0 Å². The van der Waals surface area contributed by atoms with Crippen molar-refractivity contribution >= 4 is 28.4 Å². The molecule has 3 rings (SSSR count). The number of aromatic nitrogens is 2.